The average molecular weight is 363 g/mol. The van der Waals surface area contributed by atoms with E-state index in [0.717, 1.165) is 19.3 Å². The maximum Gasteiger partial charge on any atom is 0.167 e. The number of aliphatic hydroxyl groups excluding tert-OH is 3. The van der Waals surface area contributed by atoms with E-state index < -0.39 is 24.5 Å². The largest absolute Gasteiger partial charge is 0.396 e. The highest BCUT2D eigenvalue weighted by molar-refractivity contribution is 5.82. The molecule has 2 aromatic heterocycles. The summed E-state index contributed by atoms with van der Waals surface area (Å²) in [5, 5.41) is 33.4. The molecular formula is C17H25N5O4. The molecule has 2 aromatic rings. The molecule has 4 N–H and O–H groups in total. The van der Waals surface area contributed by atoms with E-state index in [1.165, 1.54) is 6.33 Å². The fourth-order valence-electron chi connectivity index (χ4n) is 4.06. The fraction of sp³-hybridized carbons (Fsp3) is 0.706. The number of imidazole rings is 1. The molecule has 0 amide bonds. The van der Waals surface area contributed by atoms with Gasteiger partial charge >= 0.3 is 0 Å². The highest BCUT2D eigenvalue weighted by Gasteiger charge is 2.43. The predicted molar refractivity (Wildman–Crippen MR) is 93.4 cm³/mol. The van der Waals surface area contributed by atoms with Crippen molar-refractivity contribution in [1.29, 1.82) is 0 Å². The molecule has 2 fully saturated rings. The molecule has 3 heterocycles. The molecular weight excluding hydrogens is 338 g/mol. The van der Waals surface area contributed by atoms with E-state index in [1.54, 1.807) is 10.9 Å². The Kier molecular flexibility index (Phi) is 4.78. The average Bonchev–Trinajstić information content (AvgIpc) is 3.34. The maximum atomic E-state index is 10.3. The molecule has 2 unspecified atom stereocenters. The number of nitrogens with one attached hydrogen (secondary N) is 1. The Labute approximate surface area is 151 Å². The van der Waals surface area contributed by atoms with Gasteiger partial charge in [-0.15, -0.1) is 0 Å². The van der Waals surface area contributed by atoms with Gasteiger partial charge in [0.25, 0.3) is 0 Å². The van der Waals surface area contributed by atoms with E-state index in [2.05, 4.69) is 20.3 Å². The SMILES string of the molecule is CC[C@H]1O[C@@H](n2cnc3c(NC4CCCC4CO)ncnc32)[C@H](O)[C@@H]1O. The molecule has 1 aliphatic heterocycles. The van der Waals surface area contributed by atoms with Gasteiger partial charge in [0, 0.05) is 18.6 Å². The summed E-state index contributed by atoms with van der Waals surface area (Å²) in [6.45, 7) is 2.05. The number of fused-ring (bicyclic) bond motifs is 1. The van der Waals surface area contributed by atoms with Gasteiger partial charge in [0.05, 0.1) is 12.4 Å². The second kappa shape index (κ2) is 7.07. The number of hydrogen-bond donors (Lipinski definition) is 4. The molecule has 0 spiro atoms. The molecule has 9 nitrogen and oxygen atoms in total. The predicted octanol–water partition coefficient (Wildman–Crippen LogP) is 0.428. The second-order valence-electron chi connectivity index (χ2n) is 7.13. The van der Waals surface area contributed by atoms with Gasteiger partial charge in [-0.25, -0.2) is 15.0 Å². The third-order valence-corrected chi connectivity index (χ3v) is 5.59. The first-order valence-electron chi connectivity index (χ1n) is 9.20. The van der Waals surface area contributed by atoms with Gasteiger partial charge in [-0.05, 0) is 19.3 Å². The van der Waals surface area contributed by atoms with Crippen LogP contribution in [-0.2, 0) is 4.74 Å². The van der Waals surface area contributed by atoms with Crippen LogP contribution in [0.1, 0.15) is 38.8 Å². The van der Waals surface area contributed by atoms with Crippen LogP contribution in [0.2, 0.25) is 0 Å². The Morgan fingerprint density at radius 2 is 2.08 bits per heavy atom. The first-order chi connectivity index (χ1) is 12.6. The van der Waals surface area contributed by atoms with E-state index in [1.807, 2.05) is 6.92 Å². The third-order valence-electron chi connectivity index (χ3n) is 5.59. The van der Waals surface area contributed by atoms with Crippen molar-refractivity contribution in [3.63, 3.8) is 0 Å². The quantitative estimate of drug-likeness (QED) is 0.603. The zero-order chi connectivity index (χ0) is 18.3. The number of aromatic nitrogens is 4. The summed E-state index contributed by atoms with van der Waals surface area (Å²) in [6, 6.07) is 0.155. The summed E-state index contributed by atoms with van der Waals surface area (Å²) in [5.74, 6) is 0.821. The van der Waals surface area contributed by atoms with E-state index >= 15 is 0 Å². The van der Waals surface area contributed by atoms with Crippen LogP contribution in [-0.4, -0.2) is 65.8 Å². The van der Waals surface area contributed by atoms with Crippen molar-refractivity contribution in [2.45, 2.75) is 63.2 Å². The maximum absolute atomic E-state index is 10.3. The Balaban J connectivity index is 1.63. The third kappa shape index (κ3) is 2.84. The van der Waals surface area contributed by atoms with Gasteiger partial charge in [0.1, 0.15) is 18.5 Å². The smallest absolute Gasteiger partial charge is 0.167 e. The van der Waals surface area contributed by atoms with Crippen LogP contribution < -0.4 is 5.32 Å². The number of aliphatic hydroxyl groups is 3. The molecule has 1 aliphatic carbocycles. The zero-order valence-corrected chi connectivity index (χ0v) is 14.7. The van der Waals surface area contributed by atoms with Crippen LogP contribution >= 0.6 is 0 Å². The molecule has 0 radical (unpaired) electrons. The molecule has 9 heteroatoms. The molecule has 4 rings (SSSR count). The van der Waals surface area contributed by atoms with Crippen LogP contribution in [0.3, 0.4) is 0 Å². The summed E-state index contributed by atoms with van der Waals surface area (Å²) < 4.78 is 7.45. The first-order valence-corrected chi connectivity index (χ1v) is 9.20. The van der Waals surface area contributed by atoms with Crippen molar-refractivity contribution >= 4 is 17.0 Å². The molecule has 142 valence electrons. The van der Waals surface area contributed by atoms with Gasteiger partial charge in [0.2, 0.25) is 0 Å². The minimum atomic E-state index is -1.04. The topological polar surface area (TPSA) is 126 Å². The van der Waals surface area contributed by atoms with E-state index in [9.17, 15) is 15.3 Å². The van der Waals surface area contributed by atoms with Crippen molar-refractivity contribution < 1.29 is 20.1 Å². The highest BCUT2D eigenvalue weighted by Crippen LogP contribution is 2.34. The van der Waals surface area contributed by atoms with Crippen molar-refractivity contribution in [3.05, 3.63) is 12.7 Å². The van der Waals surface area contributed by atoms with Crippen LogP contribution in [0, 0.1) is 5.92 Å². The molecule has 0 bridgehead atoms. The van der Waals surface area contributed by atoms with Crippen LogP contribution in [0.15, 0.2) is 12.7 Å². The Bertz CT molecular complexity index is 769. The van der Waals surface area contributed by atoms with E-state index in [-0.39, 0.29) is 18.6 Å². The van der Waals surface area contributed by atoms with Gasteiger partial charge < -0.3 is 25.4 Å². The lowest BCUT2D eigenvalue weighted by Gasteiger charge is -2.20. The standard InChI is InChI=1S/C17H25N5O4/c1-2-11-13(24)14(25)17(26-11)22-8-20-12-15(18-7-19-16(12)22)21-10-5-3-4-9(10)6-23/h7-11,13-14,17,23-25H,2-6H2,1H3,(H,18,19,21)/t9?,10?,11-,13-,14-,17-/m1/s1. The first kappa shape index (κ1) is 17.6. The number of anilines is 1. The Hall–Kier alpha value is -1.81. The molecule has 0 aromatic carbocycles. The lowest BCUT2D eigenvalue weighted by Crippen LogP contribution is -2.31. The van der Waals surface area contributed by atoms with E-state index in [0.29, 0.717) is 23.4 Å². The summed E-state index contributed by atoms with van der Waals surface area (Å²) >= 11 is 0. The Morgan fingerprint density at radius 3 is 2.81 bits per heavy atom. The van der Waals surface area contributed by atoms with Crippen LogP contribution in [0.4, 0.5) is 5.82 Å². The van der Waals surface area contributed by atoms with Gasteiger partial charge in [0.15, 0.2) is 23.2 Å². The summed E-state index contributed by atoms with van der Waals surface area (Å²) in [4.78, 5) is 13.0. The number of rotatable bonds is 5. The number of hydrogen-bond acceptors (Lipinski definition) is 8. The normalized spacial score (nSPS) is 34.6. The van der Waals surface area contributed by atoms with Gasteiger partial charge in [-0.2, -0.15) is 0 Å². The van der Waals surface area contributed by atoms with Gasteiger partial charge in [-0.1, -0.05) is 13.3 Å². The minimum Gasteiger partial charge on any atom is -0.396 e. The lowest BCUT2D eigenvalue weighted by molar-refractivity contribution is -0.0355. The molecule has 1 saturated carbocycles. The highest BCUT2D eigenvalue weighted by atomic mass is 16.6. The molecule has 1 saturated heterocycles. The monoisotopic (exact) mass is 363 g/mol. The Morgan fingerprint density at radius 1 is 1.23 bits per heavy atom. The minimum absolute atomic E-state index is 0.152. The molecule has 2 aliphatic rings. The van der Waals surface area contributed by atoms with Crippen LogP contribution in [0.25, 0.3) is 11.2 Å². The zero-order valence-electron chi connectivity index (χ0n) is 14.7. The van der Waals surface area contributed by atoms with Crippen molar-refractivity contribution in [3.8, 4) is 0 Å². The molecule has 6 atom stereocenters. The summed E-state index contributed by atoms with van der Waals surface area (Å²) in [7, 11) is 0. The van der Waals surface area contributed by atoms with Crippen molar-refractivity contribution in [2.24, 2.45) is 5.92 Å². The number of ether oxygens (including phenoxy) is 1. The number of nitrogens with zero attached hydrogens (tertiary/aromatic N) is 4. The summed E-state index contributed by atoms with van der Waals surface area (Å²) in [6.07, 6.45) is 3.51. The van der Waals surface area contributed by atoms with E-state index in [4.69, 9.17) is 4.74 Å². The van der Waals surface area contributed by atoms with Crippen LogP contribution in [0.5, 0.6) is 0 Å². The van der Waals surface area contributed by atoms with Gasteiger partial charge in [-0.3, -0.25) is 4.57 Å². The second-order valence-corrected chi connectivity index (χ2v) is 7.13. The fourth-order valence-corrected chi connectivity index (χ4v) is 4.06. The van der Waals surface area contributed by atoms with Crippen molar-refractivity contribution in [2.75, 3.05) is 11.9 Å². The van der Waals surface area contributed by atoms with Crippen molar-refractivity contribution in [1.82, 2.24) is 19.5 Å². The molecule has 26 heavy (non-hydrogen) atoms. The summed E-state index contributed by atoms with van der Waals surface area (Å²) in [5.41, 5.74) is 1.12. The lowest BCUT2D eigenvalue weighted by atomic mass is 10.1.